The molecule has 1 amide bonds. The Labute approximate surface area is 188 Å². The molecule has 3 aromatic rings. The second kappa shape index (κ2) is 9.62. The van der Waals surface area contributed by atoms with Crippen LogP contribution in [-0.4, -0.2) is 59.6 Å². The number of aromatic nitrogens is 3. The van der Waals surface area contributed by atoms with Gasteiger partial charge in [0.05, 0.1) is 17.6 Å². The summed E-state index contributed by atoms with van der Waals surface area (Å²) in [6, 6.07) is 16.9. The molecule has 168 valence electrons. The van der Waals surface area contributed by atoms with Crippen molar-refractivity contribution in [1.82, 2.24) is 25.2 Å². The molecule has 1 saturated heterocycles. The highest BCUT2D eigenvalue weighted by molar-refractivity contribution is 7.90. The zero-order valence-corrected chi connectivity index (χ0v) is 18.8. The summed E-state index contributed by atoms with van der Waals surface area (Å²) in [4.78, 5) is 15.3. The summed E-state index contributed by atoms with van der Waals surface area (Å²) in [5.41, 5.74) is 2.46. The number of carbonyl (C=O) groups excluding carboxylic acids is 1. The molecule has 0 bridgehead atoms. The largest absolute Gasteiger partial charge is 0.347 e. The van der Waals surface area contributed by atoms with Gasteiger partial charge in [-0.3, -0.25) is 9.69 Å². The summed E-state index contributed by atoms with van der Waals surface area (Å²) < 4.78 is 24.9. The molecule has 1 aliphatic rings. The highest BCUT2D eigenvalue weighted by Gasteiger charge is 2.23. The van der Waals surface area contributed by atoms with Gasteiger partial charge in [-0.15, -0.1) is 5.10 Å². The first-order valence-corrected chi connectivity index (χ1v) is 12.5. The van der Waals surface area contributed by atoms with Crippen LogP contribution < -0.4 is 5.32 Å². The van der Waals surface area contributed by atoms with Gasteiger partial charge in [-0.25, -0.2) is 13.1 Å². The number of sulfone groups is 1. The maximum Gasteiger partial charge on any atom is 0.273 e. The van der Waals surface area contributed by atoms with Crippen LogP contribution in [0.5, 0.6) is 0 Å². The fourth-order valence-electron chi connectivity index (χ4n) is 3.93. The van der Waals surface area contributed by atoms with E-state index in [1.165, 1.54) is 6.26 Å². The van der Waals surface area contributed by atoms with Gasteiger partial charge in [0.2, 0.25) is 0 Å². The van der Waals surface area contributed by atoms with Gasteiger partial charge in [0.1, 0.15) is 0 Å². The Bertz CT molecular complexity index is 1160. The van der Waals surface area contributed by atoms with Gasteiger partial charge in [0.25, 0.3) is 5.91 Å². The summed E-state index contributed by atoms with van der Waals surface area (Å²) in [6.45, 7) is 2.95. The van der Waals surface area contributed by atoms with Crippen LogP contribution in [-0.2, 0) is 22.9 Å². The molecule has 4 rings (SSSR count). The first-order valence-electron chi connectivity index (χ1n) is 10.6. The van der Waals surface area contributed by atoms with Crippen LogP contribution >= 0.6 is 0 Å². The van der Waals surface area contributed by atoms with E-state index >= 15 is 0 Å². The number of hydrogen-bond acceptors (Lipinski definition) is 6. The number of benzene rings is 2. The Hall–Kier alpha value is -3.04. The van der Waals surface area contributed by atoms with Crippen LogP contribution in [0.25, 0.3) is 0 Å². The molecular formula is C23H27N5O3S. The lowest BCUT2D eigenvalue weighted by molar-refractivity contribution is 0.0895. The number of likely N-dealkylation sites (tertiary alicyclic amines) is 1. The van der Waals surface area contributed by atoms with E-state index in [0.717, 1.165) is 37.1 Å². The van der Waals surface area contributed by atoms with Crippen LogP contribution in [0.15, 0.2) is 65.7 Å². The van der Waals surface area contributed by atoms with Gasteiger partial charge in [0.15, 0.2) is 15.5 Å². The molecular weight excluding hydrogens is 426 g/mol. The van der Waals surface area contributed by atoms with E-state index in [0.29, 0.717) is 23.7 Å². The van der Waals surface area contributed by atoms with Gasteiger partial charge in [-0.05, 0) is 42.6 Å². The zero-order chi connectivity index (χ0) is 22.6. The summed E-state index contributed by atoms with van der Waals surface area (Å²) in [6.07, 6.45) is 4.77. The fraction of sp³-hybridized carbons (Fsp3) is 0.348. The summed E-state index contributed by atoms with van der Waals surface area (Å²) >= 11 is 0. The second-order valence-corrected chi connectivity index (χ2v) is 10.3. The van der Waals surface area contributed by atoms with Gasteiger partial charge >= 0.3 is 0 Å². The molecule has 1 atom stereocenters. The van der Waals surface area contributed by atoms with Crippen molar-refractivity contribution in [3.63, 3.8) is 0 Å². The van der Waals surface area contributed by atoms with Gasteiger partial charge in [0, 0.05) is 25.4 Å². The third-order valence-electron chi connectivity index (χ3n) is 5.56. The molecule has 0 aliphatic carbocycles. The highest BCUT2D eigenvalue weighted by atomic mass is 32.2. The molecule has 9 heteroatoms. The molecule has 1 unspecified atom stereocenters. The predicted molar refractivity (Wildman–Crippen MR) is 121 cm³/mol. The van der Waals surface area contributed by atoms with Crippen molar-refractivity contribution in [2.75, 3.05) is 19.3 Å². The molecule has 8 nitrogen and oxygen atoms in total. The number of nitrogens with one attached hydrogen (secondary N) is 1. The summed E-state index contributed by atoms with van der Waals surface area (Å²) in [7, 11) is -3.19. The monoisotopic (exact) mass is 453 g/mol. The summed E-state index contributed by atoms with van der Waals surface area (Å²) in [5.74, 6) is -0.214. The molecule has 0 spiro atoms. The van der Waals surface area contributed by atoms with Gasteiger partial charge in [-0.1, -0.05) is 47.7 Å². The summed E-state index contributed by atoms with van der Waals surface area (Å²) in [5, 5.41) is 11.2. The van der Waals surface area contributed by atoms with E-state index < -0.39 is 9.84 Å². The third-order valence-corrected chi connectivity index (χ3v) is 6.69. The van der Waals surface area contributed by atoms with E-state index in [-0.39, 0.29) is 11.9 Å². The van der Waals surface area contributed by atoms with Crippen LogP contribution in [0.3, 0.4) is 0 Å². The Kier molecular flexibility index (Phi) is 6.66. The minimum Gasteiger partial charge on any atom is -0.347 e. The Morgan fingerprint density at radius 2 is 1.78 bits per heavy atom. The lowest BCUT2D eigenvalue weighted by Crippen LogP contribution is -2.47. The predicted octanol–water partition coefficient (Wildman–Crippen LogP) is 2.12. The first kappa shape index (κ1) is 22.2. The van der Waals surface area contributed by atoms with Gasteiger partial charge < -0.3 is 5.32 Å². The van der Waals surface area contributed by atoms with Crippen molar-refractivity contribution in [2.45, 2.75) is 36.9 Å². The van der Waals surface area contributed by atoms with Crippen molar-refractivity contribution in [1.29, 1.82) is 0 Å². The first-order chi connectivity index (χ1) is 15.4. The molecule has 0 saturated carbocycles. The number of rotatable bonds is 7. The number of carbonyl (C=O) groups is 1. The smallest absolute Gasteiger partial charge is 0.273 e. The van der Waals surface area contributed by atoms with E-state index in [1.54, 1.807) is 23.0 Å². The maximum absolute atomic E-state index is 12.7. The molecule has 0 radical (unpaired) electrons. The maximum atomic E-state index is 12.7. The average Bonchev–Trinajstić information content (AvgIpc) is 3.23. The minimum absolute atomic E-state index is 0.0332. The molecule has 32 heavy (non-hydrogen) atoms. The van der Waals surface area contributed by atoms with Crippen molar-refractivity contribution in [3.8, 4) is 0 Å². The molecule has 1 aromatic heterocycles. The molecule has 2 heterocycles. The number of nitrogens with zero attached hydrogens (tertiary/aromatic N) is 4. The Morgan fingerprint density at radius 1 is 1.06 bits per heavy atom. The SMILES string of the molecule is CS(=O)(=O)c1ccc(CN2CCCC(NC(=O)c3cn(Cc4ccccc4)nn3)C2)cc1. The van der Waals surface area contributed by atoms with E-state index in [1.807, 2.05) is 42.5 Å². The second-order valence-electron chi connectivity index (χ2n) is 8.25. The van der Waals surface area contributed by atoms with Crippen LogP contribution in [0, 0.1) is 0 Å². The van der Waals surface area contributed by atoms with Crippen molar-refractivity contribution in [3.05, 3.63) is 77.6 Å². The van der Waals surface area contributed by atoms with Crippen molar-refractivity contribution in [2.24, 2.45) is 0 Å². The van der Waals surface area contributed by atoms with Crippen LogP contribution in [0.4, 0.5) is 0 Å². The third kappa shape index (κ3) is 5.80. The number of hydrogen-bond donors (Lipinski definition) is 1. The molecule has 1 aliphatic heterocycles. The molecule has 1 fully saturated rings. The van der Waals surface area contributed by atoms with Crippen LogP contribution in [0.1, 0.15) is 34.5 Å². The average molecular weight is 454 g/mol. The fourth-order valence-corrected chi connectivity index (χ4v) is 4.56. The van der Waals surface area contributed by atoms with E-state index in [9.17, 15) is 13.2 Å². The van der Waals surface area contributed by atoms with Crippen LogP contribution in [0.2, 0.25) is 0 Å². The lowest BCUT2D eigenvalue weighted by Gasteiger charge is -2.33. The standard InChI is InChI=1S/C23H27N5O3S/c1-32(30,31)21-11-9-19(10-12-21)14-27-13-5-8-20(16-27)24-23(29)22-17-28(26-25-22)15-18-6-3-2-4-7-18/h2-4,6-7,9-12,17,20H,5,8,13-16H2,1H3,(H,24,29). The Morgan fingerprint density at radius 3 is 2.50 bits per heavy atom. The lowest BCUT2D eigenvalue weighted by atomic mass is 10.0. The number of piperidine rings is 1. The Balaban J connectivity index is 1.31. The highest BCUT2D eigenvalue weighted by Crippen LogP contribution is 2.16. The van der Waals surface area contributed by atoms with Crippen molar-refractivity contribution >= 4 is 15.7 Å². The quantitative estimate of drug-likeness (QED) is 0.589. The normalized spacial score (nSPS) is 17.2. The van der Waals surface area contributed by atoms with Crippen molar-refractivity contribution < 1.29 is 13.2 Å². The minimum atomic E-state index is -3.19. The zero-order valence-electron chi connectivity index (χ0n) is 18.0. The molecule has 2 aromatic carbocycles. The number of amides is 1. The topological polar surface area (TPSA) is 97.2 Å². The van der Waals surface area contributed by atoms with Gasteiger partial charge in [-0.2, -0.15) is 0 Å². The van der Waals surface area contributed by atoms with E-state index in [4.69, 9.17) is 0 Å². The molecule has 1 N–H and O–H groups in total. The van der Waals surface area contributed by atoms with E-state index in [2.05, 4.69) is 20.5 Å².